The highest BCUT2D eigenvalue weighted by Gasteiger charge is 2.01. The zero-order chi connectivity index (χ0) is 30.9. The Morgan fingerprint density at radius 2 is 1.14 bits per heavy atom. The maximum absolute atomic E-state index is 11.1. The minimum Gasteiger partial charge on any atom is -0.400 e. The third-order valence-corrected chi connectivity index (χ3v) is 6.62. The van der Waals surface area contributed by atoms with Crippen LogP contribution in [-0.4, -0.2) is 23.8 Å². The summed E-state index contributed by atoms with van der Waals surface area (Å²) in [4.78, 5) is 21.6. The average Bonchev–Trinajstić information content (AvgIpc) is 3.03. The van der Waals surface area contributed by atoms with Crippen LogP contribution in [-0.2, 0) is 16.0 Å². The van der Waals surface area contributed by atoms with E-state index < -0.39 is 0 Å². The van der Waals surface area contributed by atoms with E-state index in [1.54, 1.807) is 0 Å². The Balaban J connectivity index is 0. The monoisotopic (exact) mass is 574 g/mol. The summed E-state index contributed by atoms with van der Waals surface area (Å²) < 4.78 is 0. The Bertz CT molecular complexity index is 1030. The standard InChI is InChI=1S/C14H12.C11H14O.C6H12O.C6H12.CH4O.CH4/c1-12(13-8-4-2-5-9-13)14-10-6-3-7-11-14;1-3-11(12)8-10-6-4-5-9(2)7-10;1-4-6(7)5(2)3;1-2-4-6-5-3-1;1-2;/h2-11H,1H2;4-7H,3,8H2,1-2H3;5H,4H2,1-3H3;1-6H2;2H,1H3;1H4. The molecule has 232 valence electrons. The summed E-state index contributed by atoms with van der Waals surface area (Å²) in [5.41, 5.74) is 5.78. The lowest BCUT2D eigenvalue weighted by atomic mass is 10.0. The largest absolute Gasteiger partial charge is 0.400 e. The molecule has 3 aromatic carbocycles. The van der Waals surface area contributed by atoms with Gasteiger partial charge in [0.25, 0.3) is 0 Å². The number of ketones is 2. The van der Waals surface area contributed by atoms with E-state index >= 15 is 0 Å². The van der Waals surface area contributed by atoms with Crippen molar-refractivity contribution >= 4 is 17.1 Å². The number of rotatable bonds is 7. The quantitative estimate of drug-likeness (QED) is 0.305. The second-order valence-corrected chi connectivity index (χ2v) is 10.4. The first-order chi connectivity index (χ1) is 19.8. The average molecular weight is 575 g/mol. The molecule has 0 bridgehead atoms. The first kappa shape index (κ1) is 40.8. The molecule has 1 aliphatic carbocycles. The minimum absolute atomic E-state index is 0. The highest BCUT2D eigenvalue weighted by Crippen LogP contribution is 2.20. The molecule has 42 heavy (non-hydrogen) atoms. The Hall–Kier alpha value is -3.30. The summed E-state index contributed by atoms with van der Waals surface area (Å²) in [6.07, 6.45) is 10.9. The van der Waals surface area contributed by atoms with Crippen molar-refractivity contribution in [2.75, 3.05) is 7.11 Å². The van der Waals surface area contributed by atoms with Gasteiger partial charge in [-0.15, -0.1) is 0 Å². The molecule has 0 spiro atoms. The topological polar surface area (TPSA) is 54.4 Å². The van der Waals surface area contributed by atoms with E-state index in [2.05, 4.69) is 36.9 Å². The van der Waals surface area contributed by atoms with Crippen LogP contribution in [0.5, 0.6) is 0 Å². The van der Waals surface area contributed by atoms with Gasteiger partial charge in [-0.05, 0) is 29.2 Å². The zero-order valence-electron chi connectivity index (χ0n) is 26.5. The molecule has 0 amide bonds. The second-order valence-electron chi connectivity index (χ2n) is 10.4. The molecule has 3 nitrogen and oxygen atoms in total. The number of aryl methyl sites for hydroxylation is 1. The van der Waals surface area contributed by atoms with Crippen molar-refractivity contribution in [2.24, 2.45) is 5.92 Å². The third kappa shape index (κ3) is 19.7. The fourth-order valence-corrected chi connectivity index (χ4v) is 4.09. The minimum atomic E-state index is 0. The van der Waals surface area contributed by atoms with Gasteiger partial charge in [-0.3, -0.25) is 9.59 Å². The van der Waals surface area contributed by atoms with E-state index in [9.17, 15) is 9.59 Å². The van der Waals surface area contributed by atoms with Gasteiger partial charge in [0.1, 0.15) is 11.6 Å². The number of aliphatic hydroxyl groups excluding tert-OH is 1. The van der Waals surface area contributed by atoms with Gasteiger partial charge in [-0.1, -0.05) is 171 Å². The molecule has 0 aromatic heterocycles. The predicted octanol–water partition coefficient (Wildman–Crippen LogP) is 10.5. The number of hydrogen-bond acceptors (Lipinski definition) is 3. The molecule has 0 radical (unpaired) electrons. The van der Waals surface area contributed by atoms with Gasteiger partial charge in [-0.25, -0.2) is 0 Å². The van der Waals surface area contributed by atoms with Gasteiger partial charge in [0.2, 0.25) is 0 Å². The van der Waals surface area contributed by atoms with Gasteiger partial charge in [0, 0.05) is 32.3 Å². The SMILES string of the molecule is C.C1CCCCC1.C=C(c1ccccc1)c1ccccc1.CCC(=O)C(C)C.CCC(=O)Cc1cccc(C)c1.CO. The van der Waals surface area contributed by atoms with Crippen molar-refractivity contribution in [2.45, 2.75) is 99.8 Å². The molecular weight excluding hydrogens is 516 g/mol. The maximum Gasteiger partial charge on any atom is 0.136 e. The third-order valence-electron chi connectivity index (χ3n) is 6.62. The fraction of sp³-hybridized carbons (Fsp3) is 0.436. The van der Waals surface area contributed by atoms with E-state index in [0.29, 0.717) is 30.8 Å². The molecular formula is C39H58O3. The van der Waals surface area contributed by atoms with Crippen LogP contribution in [0.25, 0.3) is 5.57 Å². The number of carbonyl (C=O) groups excluding carboxylic acids is 2. The van der Waals surface area contributed by atoms with Crippen LogP contribution >= 0.6 is 0 Å². The number of carbonyl (C=O) groups is 2. The van der Waals surface area contributed by atoms with Gasteiger partial charge in [0.15, 0.2) is 0 Å². The van der Waals surface area contributed by atoms with Gasteiger partial charge in [0.05, 0.1) is 0 Å². The van der Waals surface area contributed by atoms with Crippen molar-refractivity contribution in [1.29, 1.82) is 0 Å². The van der Waals surface area contributed by atoms with E-state index in [4.69, 9.17) is 5.11 Å². The van der Waals surface area contributed by atoms with Crippen LogP contribution < -0.4 is 0 Å². The van der Waals surface area contributed by atoms with E-state index in [0.717, 1.165) is 18.2 Å². The number of hydrogen-bond donors (Lipinski definition) is 1. The highest BCUT2D eigenvalue weighted by atomic mass is 16.2. The molecule has 1 aliphatic rings. The first-order valence-electron chi connectivity index (χ1n) is 15.1. The molecule has 3 heteroatoms. The van der Waals surface area contributed by atoms with Crippen molar-refractivity contribution in [3.8, 4) is 0 Å². The normalized spacial score (nSPS) is 11.2. The van der Waals surface area contributed by atoms with Crippen LogP contribution in [0.1, 0.15) is 109 Å². The second kappa shape index (κ2) is 26.6. The number of aliphatic hydroxyl groups is 1. The van der Waals surface area contributed by atoms with Gasteiger partial charge in [-0.2, -0.15) is 0 Å². The summed E-state index contributed by atoms with van der Waals surface area (Å²) >= 11 is 0. The Labute approximate surface area is 258 Å². The molecule has 0 saturated heterocycles. The molecule has 4 rings (SSSR count). The van der Waals surface area contributed by atoms with Crippen LogP contribution in [0, 0.1) is 12.8 Å². The van der Waals surface area contributed by atoms with Crippen LogP contribution in [0.15, 0.2) is 91.5 Å². The Kier molecular flexibility index (Phi) is 25.9. The summed E-state index contributed by atoms with van der Waals surface area (Å²) in [7, 11) is 1.00. The summed E-state index contributed by atoms with van der Waals surface area (Å²) in [5, 5.41) is 7.00. The molecule has 1 N–H and O–H groups in total. The summed E-state index contributed by atoms with van der Waals surface area (Å²) in [6.45, 7) is 13.8. The summed E-state index contributed by atoms with van der Waals surface area (Å²) in [5.74, 6) is 0.880. The Morgan fingerprint density at radius 3 is 1.45 bits per heavy atom. The maximum atomic E-state index is 11.1. The van der Waals surface area contributed by atoms with Gasteiger partial charge >= 0.3 is 0 Å². The van der Waals surface area contributed by atoms with Crippen molar-refractivity contribution in [3.63, 3.8) is 0 Å². The smallest absolute Gasteiger partial charge is 0.136 e. The van der Waals surface area contributed by atoms with Crippen LogP contribution in [0.3, 0.4) is 0 Å². The Morgan fingerprint density at radius 1 is 0.714 bits per heavy atom. The number of benzene rings is 3. The highest BCUT2D eigenvalue weighted by molar-refractivity contribution is 5.80. The zero-order valence-corrected chi connectivity index (χ0v) is 26.5. The molecule has 0 heterocycles. The van der Waals surface area contributed by atoms with E-state index in [-0.39, 0.29) is 13.3 Å². The molecule has 0 aliphatic heterocycles. The number of Topliss-reactive ketones (excluding diaryl/α,β-unsaturated/α-hetero) is 2. The molecule has 1 saturated carbocycles. The lowest BCUT2D eigenvalue weighted by molar-refractivity contribution is -0.121. The lowest BCUT2D eigenvalue weighted by Crippen LogP contribution is -2.03. The van der Waals surface area contributed by atoms with Crippen molar-refractivity contribution < 1.29 is 14.7 Å². The van der Waals surface area contributed by atoms with E-state index in [1.165, 1.54) is 55.2 Å². The molecule has 0 unspecified atom stereocenters. The van der Waals surface area contributed by atoms with Crippen LogP contribution in [0.2, 0.25) is 0 Å². The van der Waals surface area contributed by atoms with Gasteiger partial charge < -0.3 is 5.11 Å². The van der Waals surface area contributed by atoms with Crippen molar-refractivity contribution in [3.05, 3.63) is 114 Å². The molecule has 3 aromatic rings. The molecule has 1 fully saturated rings. The lowest BCUT2D eigenvalue weighted by Gasteiger charge is -2.05. The summed E-state index contributed by atoms with van der Waals surface area (Å²) in [6, 6.07) is 28.6. The van der Waals surface area contributed by atoms with Crippen molar-refractivity contribution in [1.82, 2.24) is 0 Å². The first-order valence-corrected chi connectivity index (χ1v) is 15.1. The molecule has 0 atom stereocenters. The van der Waals surface area contributed by atoms with Crippen LogP contribution in [0.4, 0.5) is 0 Å². The fourth-order valence-electron chi connectivity index (χ4n) is 4.09. The predicted molar refractivity (Wildman–Crippen MR) is 184 cm³/mol. The van der Waals surface area contributed by atoms with E-state index in [1.807, 2.05) is 89.2 Å².